The number of hydrogen-bond acceptors (Lipinski definition) is 2. The van der Waals surface area contributed by atoms with Gasteiger partial charge in [0.15, 0.2) is 0 Å². The zero-order valence-electron chi connectivity index (χ0n) is 11.5. The highest BCUT2D eigenvalue weighted by Gasteiger charge is 2.42. The van der Waals surface area contributed by atoms with E-state index < -0.39 is 6.10 Å². The van der Waals surface area contributed by atoms with Gasteiger partial charge in [-0.05, 0) is 50.7 Å². The first-order valence-corrected chi connectivity index (χ1v) is 7.54. The van der Waals surface area contributed by atoms with Crippen LogP contribution in [0.1, 0.15) is 31.2 Å². The van der Waals surface area contributed by atoms with Crippen LogP contribution in [0.4, 0.5) is 4.39 Å². The van der Waals surface area contributed by atoms with Crippen molar-refractivity contribution in [1.82, 2.24) is 4.90 Å². The summed E-state index contributed by atoms with van der Waals surface area (Å²) < 4.78 is 14.6. The summed E-state index contributed by atoms with van der Waals surface area (Å²) >= 11 is 3.35. The monoisotopic (exact) mass is 329 g/mol. The molecule has 0 bridgehead atoms. The lowest BCUT2D eigenvalue weighted by molar-refractivity contribution is -0.00293. The molecule has 4 heteroatoms. The lowest BCUT2D eigenvalue weighted by atomic mass is 9.85. The Morgan fingerprint density at radius 2 is 2.00 bits per heavy atom. The first-order valence-electron chi connectivity index (χ1n) is 6.75. The quantitative estimate of drug-likeness (QED) is 0.915. The van der Waals surface area contributed by atoms with E-state index >= 15 is 0 Å². The third-order valence-electron chi connectivity index (χ3n) is 4.40. The van der Waals surface area contributed by atoms with Crippen molar-refractivity contribution < 1.29 is 9.50 Å². The van der Waals surface area contributed by atoms with Gasteiger partial charge in [-0.1, -0.05) is 28.8 Å². The van der Waals surface area contributed by atoms with Gasteiger partial charge in [0.05, 0.1) is 6.10 Å². The summed E-state index contributed by atoms with van der Waals surface area (Å²) in [4.78, 5) is 2.11. The van der Waals surface area contributed by atoms with Crippen molar-refractivity contribution in [3.05, 3.63) is 34.1 Å². The average molecular weight is 330 g/mol. The van der Waals surface area contributed by atoms with Crippen LogP contribution in [-0.2, 0) is 6.42 Å². The fourth-order valence-electron chi connectivity index (χ4n) is 3.16. The van der Waals surface area contributed by atoms with Crippen LogP contribution >= 0.6 is 15.9 Å². The molecule has 0 radical (unpaired) electrons. The van der Waals surface area contributed by atoms with Crippen LogP contribution in [0.5, 0.6) is 0 Å². The summed E-state index contributed by atoms with van der Waals surface area (Å²) in [5, 5.41) is 10.6. The Morgan fingerprint density at radius 1 is 1.37 bits per heavy atom. The van der Waals surface area contributed by atoms with Gasteiger partial charge in [0.25, 0.3) is 0 Å². The van der Waals surface area contributed by atoms with Crippen molar-refractivity contribution >= 4 is 15.9 Å². The van der Waals surface area contributed by atoms with Crippen molar-refractivity contribution in [3.63, 3.8) is 0 Å². The molecule has 0 heterocycles. The Labute approximate surface area is 122 Å². The zero-order valence-corrected chi connectivity index (χ0v) is 13.1. The first-order chi connectivity index (χ1) is 8.95. The summed E-state index contributed by atoms with van der Waals surface area (Å²) in [6, 6.07) is 4.89. The van der Waals surface area contributed by atoms with Crippen molar-refractivity contribution in [1.29, 1.82) is 0 Å². The van der Waals surface area contributed by atoms with Gasteiger partial charge in [-0.15, -0.1) is 0 Å². The highest BCUT2D eigenvalue weighted by molar-refractivity contribution is 9.10. The van der Waals surface area contributed by atoms with Crippen LogP contribution < -0.4 is 0 Å². The number of nitrogens with zero attached hydrogens (tertiary/aromatic N) is 1. The van der Waals surface area contributed by atoms with Crippen molar-refractivity contribution in [3.8, 4) is 0 Å². The number of rotatable bonds is 4. The van der Waals surface area contributed by atoms with Crippen LogP contribution in [0.3, 0.4) is 0 Å². The van der Waals surface area contributed by atoms with Gasteiger partial charge in [-0.3, -0.25) is 0 Å². The normalized spacial score (nSPS) is 19.9. The third-order valence-corrected chi connectivity index (χ3v) is 4.89. The molecule has 0 saturated heterocycles. The van der Waals surface area contributed by atoms with E-state index in [0.29, 0.717) is 12.0 Å². The number of hydrogen-bond donors (Lipinski definition) is 1. The van der Waals surface area contributed by atoms with E-state index in [4.69, 9.17) is 0 Å². The number of aliphatic hydroxyl groups is 1. The Bertz CT molecular complexity index is 444. The minimum Gasteiger partial charge on any atom is -0.391 e. The molecule has 0 spiro atoms. The fourth-order valence-corrected chi connectivity index (χ4v) is 3.57. The molecule has 2 rings (SSSR count). The molecule has 1 unspecified atom stereocenters. The molecule has 1 aliphatic rings. The molecule has 2 nitrogen and oxygen atoms in total. The van der Waals surface area contributed by atoms with Crippen molar-refractivity contribution in [2.24, 2.45) is 0 Å². The Balaban J connectivity index is 2.19. The number of benzene rings is 1. The van der Waals surface area contributed by atoms with Crippen LogP contribution in [-0.4, -0.2) is 35.7 Å². The minimum atomic E-state index is -0.534. The molecule has 1 aromatic carbocycles. The van der Waals surface area contributed by atoms with E-state index in [1.807, 2.05) is 14.1 Å². The van der Waals surface area contributed by atoms with E-state index in [1.165, 1.54) is 6.07 Å². The minimum absolute atomic E-state index is 0.200. The van der Waals surface area contributed by atoms with Gasteiger partial charge in [-0.25, -0.2) is 4.39 Å². The predicted molar refractivity (Wildman–Crippen MR) is 78.7 cm³/mol. The molecule has 1 atom stereocenters. The molecule has 0 aliphatic heterocycles. The molecule has 0 amide bonds. The molecular weight excluding hydrogens is 309 g/mol. The van der Waals surface area contributed by atoms with Crippen LogP contribution in [0.25, 0.3) is 0 Å². The van der Waals surface area contributed by atoms with E-state index in [1.54, 1.807) is 12.1 Å². The van der Waals surface area contributed by atoms with E-state index in [9.17, 15) is 9.50 Å². The third kappa shape index (κ3) is 3.01. The zero-order chi connectivity index (χ0) is 14.0. The standard InChI is InChI=1S/C15H21BrFNO/c1-18(2)15(7-3-4-8-15)14(19)10-11-9-12(16)5-6-13(11)17/h5-6,9,14,19H,3-4,7-8,10H2,1-2H3. The second-order valence-corrected chi connectivity index (χ2v) is 6.58. The van der Waals surface area contributed by atoms with Gasteiger partial charge >= 0.3 is 0 Å². The highest BCUT2D eigenvalue weighted by atomic mass is 79.9. The number of aliphatic hydroxyl groups excluding tert-OH is 1. The van der Waals surface area contributed by atoms with E-state index in [0.717, 1.165) is 30.2 Å². The average Bonchev–Trinajstić information content (AvgIpc) is 2.84. The second-order valence-electron chi connectivity index (χ2n) is 5.66. The Morgan fingerprint density at radius 3 is 2.58 bits per heavy atom. The molecule has 106 valence electrons. The maximum atomic E-state index is 13.8. The Kier molecular flexibility index (Phi) is 4.64. The number of halogens is 2. The molecule has 1 aliphatic carbocycles. The summed E-state index contributed by atoms with van der Waals surface area (Å²) in [5.74, 6) is -0.242. The Hall–Kier alpha value is -0.450. The smallest absolute Gasteiger partial charge is 0.126 e. The van der Waals surface area contributed by atoms with Gasteiger partial charge < -0.3 is 10.0 Å². The van der Waals surface area contributed by atoms with Gasteiger partial charge in [0, 0.05) is 16.4 Å². The lowest BCUT2D eigenvalue weighted by Crippen LogP contribution is -2.52. The van der Waals surface area contributed by atoms with Crippen LogP contribution in [0.15, 0.2) is 22.7 Å². The maximum Gasteiger partial charge on any atom is 0.126 e. The summed E-state index contributed by atoms with van der Waals surface area (Å²) in [7, 11) is 4.01. The van der Waals surface area contributed by atoms with Crippen LogP contribution in [0, 0.1) is 5.82 Å². The summed E-state index contributed by atoms with van der Waals surface area (Å²) in [6.07, 6.45) is 4.07. The topological polar surface area (TPSA) is 23.5 Å². The fraction of sp³-hybridized carbons (Fsp3) is 0.600. The van der Waals surface area contributed by atoms with Gasteiger partial charge in [0.2, 0.25) is 0 Å². The number of likely N-dealkylation sites (N-methyl/N-ethyl adjacent to an activating group) is 1. The molecule has 1 saturated carbocycles. The molecule has 1 fully saturated rings. The largest absolute Gasteiger partial charge is 0.391 e. The van der Waals surface area contributed by atoms with Crippen molar-refractivity contribution in [2.45, 2.75) is 43.7 Å². The molecule has 19 heavy (non-hydrogen) atoms. The molecule has 0 aromatic heterocycles. The molecular formula is C15H21BrFNO. The summed E-state index contributed by atoms with van der Waals surface area (Å²) in [5.41, 5.74) is 0.379. The van der Waals surface area contributed by atoms with Crippen LogP contribution in [0.2, 0.25) is 0 Å². The molecule has 1 aromatic rings. The second kappa shape index (κ2) is 5.90. The van der Waals surface area contributed by atoms with Gasteiger partial charge in [-0.2, -0.15) is 0 Å². The SMILES string of the molecule is CN(C)C1(C(O)Cc2cc(Br)ccc2F)CCCC1. The maximum absolute atomic E-state index is 13.8. The van der Waals surface area contributed by atoms with E-state index in [2.05, 4.69) is 20.8 Å². The lowest BCUT2D eigenvalue weighted by Gasteiger charge is -2.40. The van der Waals surface area contributed by atoms with Crippen molar-refractivity contribution in [2.75, 3.05) is 14.1 Å². The predicted octanol–water partition coefficient (Wildman–Crippen LogP) is 3.37. The highest BCUT2D eigenvalue weighted by Crippen LogP contribution is 2.38. The van der Waals surface area contributed by atoms with E-state index in [-0.39, 0.29) is 11.4 Å². The first kappa shape index (κ1) is 14.9. The summed E-state index contributed by atoms with van der Waals surface area (Å²) in [6.45, 7) is 0. The molecule has 1 N–H and O–H groups in total. The van der Waals surface area contributed by atoms with Gasteiger partial charge in [0.1, 0.15) is 5.82 Å².